The van der Waals surface area contributed by atoms with Crippen molar-refractivity contribution in [3.05, 3.63) is 42.0 Å². The number of hydrogen-bond acceptors (Lipinski definition) is 6. The Bertz CT molecular complexity index is 911. The van der Waals surface area contributed by atoms with Crippen molar-refractivity contribution in [1.29, 1.82) is 0 Å². The third-order valence-corrected chi connectivity index (χ3v) is 5.08. The Morgan fingerprint density at radius 1 is 0.923 bits per heavy atom. The van der Waals surface area contributed by atoms with Crippen LogP contribution in [0.1, 0.15) is 10.4 Å². The van der Waals surface area contributed by atoms with Crippen LogP contribution >= 0.6 is 0 Å². The van der Waals surface area contributed by atoms with E-state index < -0.39 is 15.9 Å². The van der Waals surface area contributed by atoms with Gasteiger partial charge in [-0.25, -0.2) is 13.1 Å². The molecule has 0 radical (unpaired) electrons. The van der Waals surface area contributed by atoms with Gasteiger partial charge in [0.15, 0.2) is 0 Å². The summed E-state index contributed by atoms with van der Waals surface area (Å²) in [7, 11) is 1.84. The predicted octanol–water partition coefficient (Wildman–Crippen LogP) is 1.87. The van der Waals surface area contributed by atoms with Crippen LogP contribution in [0.25, 0.3) is 0 Å². The van der Waals surface area contributed by atoms with E-state index in [1.165, 1.54) is 46.6 Å². The topological polar surface area (TPSA) is 103 Å². The molecule has 0 spiro atoms. The fourth-order valence-electron chi connectivity index (χ4n) is 2.23. The van der Waals surface area contributed by atoms with Crippen LogP contribution in [0.15, 0.2) is 41.3 Å². The summed E-state index contributed by atoms with van der Waals surface area (Å²) in [4.78, 5) is 12.4. The van der Waals surface area contributed by atoms with Gasteiger partial charge in [-0.2, -0.15) is 0 Å². The molecule has 0 saturated carbocycles. The minimum Gasteiger partial charge on any atom is -0.497 e. The average molecular weight is 380 g/mol. The van der Waals surface area contributed by atoms with Gasteiger partial charge in [0, 0.05) is 11.6 Å². The zero-order valence-electron chi connectivity index (χ0n) is 14.8. The summed E-state index contributed by atoms with van der Waals surface area (Å²) in [5.41, 5.74) is 0.574. The van der Waals surface area contributed by atoms with Gasteiger partial charge in [0.05, 0.1) is 27.0 Å². The normalized spacial score (nSPS) is 10.9. The highest BCUT2D eigenvalue weighted by Crippen LogP contribution is 2.30. The van der Waals surface area contributed by atoms with E-state index in [1.807, 2.05) is 0 Å². The van der Waals surface area contributed by atoms with Crippen LogP contribution in [0.5, 0.6) is 17.2 Å². The lowest BCUT2D eigenvalue weighted by molar-refractivity contribution is 0.102. The van der Waals surface area contributed by atoms with Gasteiger partial charge in [0.1, 0.15) is 22.1 Å². The number of amides is 1. The minimum atomic E-state index is -3.79. The van der Waals surface area contributed by atoms with Gasteiger partial charge >= 0.3 is 0 Å². The van der Waals surface area contributed by atoms with Crippen molar-refractivity contribution in [2.45, 2.75) is 4.90 Å². The van der Waals surface area contributed by atoms with Crippen LogP contribution in [-0.2, 0) is 10.0 Å². The second-order valence-electron chi connectivity index (χ2n) is 5.09. The summed E-state index contributed by atoms with van der Waals surface area (Å²) in [5.74, 6) is 0.627. The van der Waals surface area contributed by atoms with Crippen LogP contribution in [-0.4, -0.2) is 42.7 Å². The van der Waals surface area contributed by atoms with E-state index in [4.69, 9.17) is 14.2 Å². The van der Waals surface area contributed by atoms with Crippen molar-refractivity contribution in [3.8, 4) is 17.2 Å². The van der Waals surface area contributed by atoms with Crippen LogP contribution in [0.2, 0.25) is 0 Å². The Hall–Kier alpha value is -2.78. The molecule has 0 aliphatic heterocycles. The molecule has 2 aromatic rings. The molecule has 26 heavy (non-hydrogen) atoms. The first-order valence-corrected chi connectivity index (χ1v) is 8.99. The van der Waals surface area contributed by atoms with Crippen LogP contribution in [0.3, 0.4) is 0 Å². The summed E-state index contributed by atoms with van der Waals surface area (Å²) in [5, 5.41) is 2.69. The molecule has 0 unspecified atom stereocenters. The first-order chi connectivity index (χ1) is 12.4. The second-order valence-corrected chi connectivity index (χ2v) is 6.95. The Morgan fingerprint density at radius 2 is 1.62 bits per heavy atom. The standard InChI is InChI=1S/C17H20N2O6S/c1-18-26(21,22)16-9-11(5-8-14(16)24-3)17(20)19-13-7-6-12(23-2)10-15(13)25-4/h5-10,18H,1-4H3,(H,19,20). The molecule has 0 bridgehead atoms. The van der Waals surface area contributed by atoms with E-state index in [0.717, 1.165) is 0 Å². The minimum absolute atomic E-state index is 0.128. The lowest BCUT2D eigenvalue weighted by atomic mass is 10.2. The maximum atomic E-state index is 12.5. The van der Waals surface area contributed by atoms with E-state index in [1.54, 1.807) is 18.2 Å². The van der Waals surface area contributed by atoms with Crippen molar-refractivity contribution >= 4 is 21.6 Å². The number of nitrogens with one attached hydrogen (secondary N) is 2. The second kappa shape index (κ2) is 8.07. The monoisotopic (exact) mass is 380 g/mol. The third-order valence-electron chi connectivity index (χ3n) is 3.64. The van der Waals surface area contributed by atoms with E-state index in [-0.39, 0.29) is 16.2 Å². The SMILES string of the molecule is CNS(=O)(=O)c1cc(C(=O)Nc2ccc(OC)cc2OC)ccc1OC. The van der Waals surface area contributed by atoms with Crippen molar-refractivity contribution in [2.24, 2.45) is 0 Å². The third kappa shape index (κ3) is 4.06. The molecule has 0 atom stereocenters. The predicted molar refractivity (Wildman–Crippen MR) is 96.7 cm³/mol. The van der Waals surface area contributed by atoms with Crippen molar-refractivity contribution in [3.63, 3.8) is 0 Å². The fraction of sp³-hybridized carbons (Fsp3) is 0.235. The molecule has 2 rings (SSSR count). The number of hydrogen-bond donors (Lipinski definition) is 2. The van der Waals surface area contributed by atoms with Crippen LogP contribution in [0.4, 0.5) is 5.69 Å². The molecular weight excluding hydrogens is 360 g/mol. The van der Waals surface area contributed by atoms with E-state index in [2.05, 4.69) is 10.0 Å². The van der Waals surface area contributed by atoms with Gasteiger partial charge in [-0.05, 0) is 37.4 Å². The molecule has 140 valence electrons. The Morgan fingerprint density at radius 3 is 2.19 bits per heavy atom. The molecule has 9 heteroatoms. The molecule has 0 aliphatic rings. The largest absolute Gasteiger partial charge is 0.497 e. The number of sulfonamides is 1. The molecule has 0 fully saturated rings. The zero-order valence-corrected chi connectivity index (χ0v) is 15.6. The van der Waals surface area contributed by atoms with Gasteiger partial charge < -0.3 is 19.5 Å². The summed E-state index contributed by atoms with van der Waals surface area (Å²) < 4.78 is 41.9. The molecule has 0 aromatic heterocycles. The van der Waals surface area contributed by atoms with E-state index >= 15 is 0 Å². The molecular formula is C17H20N2O6S. The fourth-order valence-corrected chi connectivity index (χ4v) is 3.15. The lowest BCUT2D eigenvalue weighted by Crippen LogP contribution is -2.20. The summed E-state index contributed by atoms with van der Waals surface area (Å²) in [6.45, 7) is 0. The molecule has 2 aromatic carbocycles. The van der Waals surface area contributed by atoms with Gasteiger partial charge in [0.25, 0.3) is 5.91 Å². The van der Waals surface area contributed by atoms with Crippen LogP contribution < -0.4 is 24.2 Å². The lowest BCUT2D eigenvalue weighted by Gasteiger charge is -2.13. The Balaban J connectivity index is 2.38. The van der Waals surface area contributed by atoms with Crippen molar-refractivity contribution in [2.75, 3.05) is 33.7 Å². The highest BCUT2D eigenvalue weighted by Gasteiger charge is 2.20. The molecule has 8 nitrogen and oxygen atoms in total. The molecule has 2 N–H and O–H groups in total. The summed E-state index contributed by atoms with van der Waals surface area (Å²) >= 11 is 0. The van der Waals surface area contributed by atoms with E-state index in [9.17, 15) is 13.2 Å². The number of carbonyl (C=O) groups is 1. The summed E-state index contributed by atoms with van der Waals surface area (Å²) in [6.07, 6.45) is 0. The Kier molecular flexibility index (Phi) is 6.06. The smallest absolute Gasteiger partial charge is 0.255 e. The van der Waals surface area contributed by atoms with Crippen molar-refractivity contribution in [1.82, 2.24) is 4.72 Å². The van der Waals surface area contributed by atoms with Gasteiger partial charge in [0.2, 0.25) is 10.0 Å². The van der Waals surface area contributed by atoms with Crippen molar-refractivity contribution < 1.29 is 27.4 Å². The molecule has 0 saturated heterocycles. The molecule has 0 heterocycles. The maximum absolute atomic E-state index is 12.5. The van der Waals surface area contributed by atoms with Gasteiger partial charge in [-0.15, -0.1) is 0 Å². The number of benzene rings is 2. The number of carbonyl (C=O) groups excluding carboxylic acids is 1. The number of anilines is 1. The molecule has 0 aliphatic carbocycles. The number of methoxy groups -OCH3 is 3. The Labute approximate surface area is 152 Å². The highest BCUT2D eigenvalue weighted by molar-refractivity contribution is 7.89. The average Bonchev–Trinajstić information content (AvgIpc) is 2.67. The first-order valence-electron chi connectivity index (χ1n) is 7.51. The summed E-state index contributed by atoms with van der Waals surface area (Å²) in [6, 6.07) is 9.06. The number of rotatable bonds is 7. The zero-order chi connectivity index (χ0) is 19.3. The maximum Gasteiger partial charge on any atom is 0.255 e. The molecule has 1 amide bonds. The highest BCUT2D eigenvalue weighted by atomic mass is 32.2. The van der Waals surface area contributed by atoms with E-state index in [0.29, 0.717) is 17.2 Å². The first kappa shape index (κ1) is 19.5. The quantitative estimate of drug-likeness (QED) is 0.760. The van der Waals surface area contributed by atoms with Crippen LogP contribution in [0, 0.1) is 0 Å². The number of ether oxygens (including phenoxy) is 3. The van der Waals surface area contributed by atoms with Gasteiger partial charge in [-0.3, -0.25) is 4.79 Å². The van der Waals surface area contributed by atoms with Gasteiger partial charge in [-0.1, -0.05) is 0 Å².